The van der Waals surface area contributed by atoms with Crippen LogP contribution in [0.3, 0.4) is 0 Å². The SMILES string of the molecule is CCNc1nc(-c2ccc(CC)s2)nc(C(C)(C)C)c1I. The van der Waals surface area contributed by atoms with Crippen LogP contribution in [0.2, 0.25) is 0 Å². The summed E-state index contributed by atoms with van der Waals surface area (Å²) < 4.78 is 1.12. The lowest BCUT2D eigenvalue weighted by Crippen LogP contribution is -2.18. The van der Waals surface area contributed by atoms with Crippen LogP contribution in [0.25, 0.3) is 10.7 Å². The lowest BCUT2D eigenvalue weighted by molar-refractivity contribution is 0.564. The van der Waals surface area contributed by atoms with Gasteiger partial charge in [-0.05, 0) is 48.1 Å². The Labute approximate surface area is 144 Å². The first kappa shape index (κ1) is 16.7. The van der Waals surface area contributed by atoms with Gasteiger partial charge in [-0.3, -0.25) is 0 Å². The van der Waals surface area contributed by atoms with Crippen LogP contribution >= 0.6 is 33.9 Å². The molecule has 0 unspecified atom stereocenters. The molecule has 0 spiro atoms. The number of nitrogens with zero attached hydrogens (tertiary/aromatic N) is 2. The Bertz CT molecular complexity index is 629. The minimum atomic E-state index is 0.00320. The van der Waals surface area contributed by atoms with E-state index in [2.05, 4.69) is 74.7 Å². The van der Waals surface area contributed by atoms with E-state index >= 15 is 0 Å². The number of anilines is 1. The van der Waals surface area contributed by atoms with Crippen molar-refractivity contribution in [2.75, 3.05) is 11.9 Å². The summed E-state index contributed by atoms with van der Waals surface area (Å²) in [6.07, 6.45) is 1.06. The van der Waals surface area contributed by atoms with E-state index in [0.29, 0.717) is 0 Å². The van der Waals surface area contributed by atoms with Crippen LogP contribution in [-0.4, -0.2) is 16.5 Å². The highest BCUT2D eigenvalue weighted by Gasteiger charge is 2.23. The number of thiophene rings is 1. The summed E-state index contributed by atoms with van der Waals surface area (Å²) >= 11 is 4.14. The van der Waals surface area contributed by atoms with Crippen molar-refractivity contribution >= 4 is 39.7 Å². The first-order valence-electron chi connectivity index (χ1n) is 7.27. The Morgan fingerprint density at radius 3 is 2.43 bits per heavy atom. The van der Waals surface area contributed by atoms with Crippen molar-refractivity contribution in [3.63, 3.8) is 0 Å². The third kappa shape index (κ3) is 3.74. The summed E-state index contributed by atoms with van der Waals surface area (Å²) in [4.78, 5) is 12.1. The zero-order valence-electron chi connectivity index (χ0n) is 13.2. The number of halogens is 1. The molecule has 2 aromatic heterocycles. The van der Waals surface area contributed by atoms with E-state index in [1.165, 1.54) is 4.88 Å². The Morgan fingerprint density at radius 2 is 1.90 bits per heavy atom. The summed E-state index contributed by atoms with van der Waals surface area (Å²) in [6.45, 7) is 11.7. The third-order valence-corrected chi connectivity index (χ3v) is 5.38. The molecule has 0 aromatic carbocycles. The first-order chi connectivity index (χ1) is 9.86. The molecule has 3 nitrogen and oxygen atoms in total. The third-order valence-electron chi connectivity index (χ3n) is 3.14. The summed E-state index contributed by atoms with van der Waals surface area (Å²) in [6, 6.07) is 4.30. The van der Waals surface area contributed by atoms with Gasteiger partial charge in [0.25, 0.3) is 0 Å². The molecule has 0 aliphatic carbocycles. The maximum absolute atomic E-state index is 4.86. The molecule has 2 heterocycles. The molecule has 0 atom stereocenters. The van der Waals surface area contributed by atoms with Crippen LogP contribution in [0, 0.1) is 3.57 Å². The molecule has 21 heavy (non-hydrogen) atoms. The van der Waals surface area contributed by atoms with Crippen LogP contribution in [0.4, 0.5) is 5.82 Å². The monoisotopic (exact) mass is 415 g/mol. The quantitative estimate of drug-likeness (QED) is 0.706. The van der Waals surface area contributed by atoms with Crippen LogP contribution in [0.5, 0.6) is 0 Å². The molecule has 0 bridgehead atoms. The Hall–Kier alpha value is -0.690. The van der Waals surface area contributed by atoms with Crippen LogP contribution < -0.4 is 5.32 Å². The van der Waals surface area contributed by atoms with E-state index in [-0.39, 0.29) is 5.41 Å². The number of aryl methyl sites for hydroxylation is 1. The van der Waals surface area contributed by atoms with Gasteiger partial charge in [0, 0.05) is 16.8 Å². The number of hydrogen-bond donors (Lipinski definition) is 1. The van der Waals surface area contributed by atoms with Crippen molar-refractivity contribution in [1.29, 1.82) is 0 Å². The molecule has 0 saturated carbocycles. The van der Waals surface area contributed by atoms with Gasteiger partial charge >= 0.3 is 0 Å². The first-order valence-corrected chi connectivity index (χ1v) is 9.17. The number of rotatable bonds is 4. The van der Waals surface area contributed by atoms with Gasteiger partial charge in [0.05, 0.1) is 14.1 Å². The normalized spacial score (nSPS) is 11.7. The van der Waals surface area contributed by atoms with Crippen LogP contribution in [0.15, 0.2) is 12.1 Å². The predicted molar refractivity (Wildman–Crippen MR) is 100 cm³/mol. The topological polar surface area (TPSA) is 37.8 Å². The molecule has 0 radical (unpaired) electrons. The highest BCUT2D eigenvalue weighted by Crippen LogP contribution is 2.33. The van der Waals surface area contributed by atoms with Gasteiger partial charge in [-0.15, -0.1) is 11.3 Å². The minimum Gasteiger partial charge on any atom is -0.369 e. The van der Waals surface area contributed by atoms with Crippen LogP contribution in [0.1, 0.15) is 45.2 Å². The molecular weight excluding hydrogens is 393 g/mol. The second kappa shape index (κ2) is 6.60. The molecule has 0 fully saturated rings. The largest absolute Gasteiger partial charge is 0.369 e. The number of aromatic nitrogens is 2. The Kier molecular flexibility index (Phi) is 5.24. The van der Waals surface area contributed by atoms with Crippen molar-refractivity contribution in [2.24, 2.45) is 0 Å². The van der Waals surface area contributed by atoms with Crippen molar-refractivity contribution in [3.05, 3.63) is 26.3 Å². The van der Waals surface area contributed by atoms with Gasteiger partial charge in [0.1, 0.15) is 5.82 Å². The molecule has 0 aliphatic rings. The summed E-state index contributed by atoms with van der Waals surface area (Å²) in [5, 5.41) is 3.37. The second-order valence-corrected chi connectivity index (χ2v) is 8.21. The number of nitrogens with one attached hydrogen (secondary N) is 1. The van der Waals surface area contributed by atoms with Crippen LogP contribution in [-0.2, 0) is 11.8 Å². The average molecular weight is 415 g/mol. The minimum absolute atomic E-state index is 0.00320. The Morgan fingerprint density at radius 1 is 1.19 bits per heavy atom. The molecule has 114 valence electrons. The smallest absolute Gasteiger partial charge is 0.171 e. The highest BCUT2D eigenvalue weighted by atomic mass is 127. The average Bonchev–Trinajstić information content (AvgIpc) is 2.88. The van der Waals surface area contributed by atoms with E-state index in [0.717, 1.165) is 38.7 Å². The van der Waals surface area contributed by atoms with Gasteiger partial charge in [0.2, 0.25) is 0 Å². The molecule has 5 heteroatoms. The molecule has 0 saturated heterocycles. The standard InChI is InChI=1S/C16H22IN3S/c1-6-10-8-9-11(21-10)14-19-13(16(3,4)5)12(17)15(20-14)18-7-2/h8-9H,6-7H2,1-5H3,(H,18,19,20). The van der Waals surface area contributed by atoms with E-state index in [1.54, 1.807) is 11.3 Å². The van der Waals surface area contributed by atoms with E-state index in [1.807, 2.05) is 0 Å². The van der Waals surface area contributed by atoms with Crippen molar-refractivity contribution in [2.45, 2.75) is 46.5 Å². The lowest BCUT2D eigenvalue weighted by atomic mass is 9.92. The molecule has 1 N–H and O–H groups in total. The van der Waals surface area contributed by atoms with Gasteiger partial charge < -0.3 is 5.32 Å². The second-order valence-electron chi connectivity index (χ2n) is 5.96. The zero-order chi connectivity index (χ0) is 15.6. The van der Waals surface area contributed by atoms with Crippen molar-refractivity contribution in [3.8, 4) is 10.7 Å². The molecule has 0 aliphatic heterocycles. The van der Waals surface area contributed by atoms with E-state index in [9.17, 15) is 0 Å². The maximum Gasteiger partial charge on any atom is 0.171 e. The van der Waals surface area contributed by atoms with Crippen molar-refractivity contribution in [1.82, 2.24) is 9.97 Å². The van der Waals surface area contributed by atoms with Gasteiger partial charge in [0.15, 0.2) is 5.82 Å². The fraction of sp³-hybridized carbons (Fsp3) is 0.500. The number of hydrogen-bond acceptors (Lipinski definition) is 4. The van der Waals surface area contributed by atoms with Gasteiger partial charge in [-0.25, -0.2) is 9.97 Å². The zero-order valence-corrected chi connectivity index (χ0v) is 16.2. The molecule has 2 rings (SSSR count). The fourth-order valence-corrected chi connectivity index (χ4v) is 4.15. The fourth-order valence-electron chi connectivity index (χ4n) is 2.03. The summed E-state index contributed by atoms with van der Waals surface area (Å²) in [5.41, 5.74) is 1.11. The van der Waals surface area contributed by atoms with E-state index in [4.69, 9.17) is 9.97 Å². The molecule has 2 aromatic rings. The summed E-state index contributed by atoms with van der Waals surface area (Å²) in [7, 11) is 0. The van der Waals surface area contributed by atoms with Crippen molar-refractivity contribution < 1.29 is 0 Å². The lowest BCUT2D eigenvalue weighted by Gasteiger charge is -2.21. The molecular formula is C16H22IN3S. The highest BCUT2D eigenvalue weighted by molar-refractivity contribution is 14.1. The summed E-state index contributed by atoms with van der Waals surface area (Å²) in [5.74, 6) is 1.78. The van der Waals surface area contributed by atoms with Gasteiger partial charge in [-0.1, -0.05) is 27.7 Å². The van der Waals surface area contributed by atoms with E-state index < -0.39 is 0 Å². The van der Waals surface area contributed by atoms with Gasteiger partial charge in [-0.2, -0.15) is 0 Å². The predicted octanol–water partition coefficient (Wildman–Crippen LogP) is 5.10. The maximum atomic E-state index is 4.86. The molecule has 0 amide bonds. The Balaban J connectivity index is 2.58.